The highest BCUT2D eigenvalue weighted by Gasteiger charge is 2.04. The van der Waals surface area contributed by atoms with Gasteiger partial charge in [0.15, 0.2) is 0 Å². The van der Waals surface area contributed by atoms with E-state index in [1.54, 1.807) is 12.1 Å². The fourth-order valence-corrected chi connectivity index (χ4v) is 2.11. The van der Waals surface area contributed by atoms with Crippen LogP contribution in [0, 0.1) is 6.92 Å². The van der Waals surface area contributed by atoms with E-state index >= 15 is 0 Å². The average Bonchev–Trinajstić information content (AvgIpc) is 2.76. The van der Waals surface area contributed by atoms with Crippen molar-refractivity contribution in [3.63, 3.8) is 0 Å². The van der Waals surface area contributed by atoms with Crippen LogP contribution in [0.3, 0.4) is 0 Å². The van der Waals surface area contributed by atoms with Crippen LogP contribution in [-0.2, 0) is 6.42 Å². The molecule has 2 aromatic heterocycles. The number of imidazole rings is 1. The Hall–Kier alpha value is -2.29. The minimum absolute atomic E-state index is 0.296. The third-order valence-electron chi connectivity index (χ3n) is 3.07. The van der Waals surface area contributed by atoms with Crippen molar-refractivity contribution in [2.24, 2.45) is 0 Å². The lowest BCUT2D eigenvalue weighted by Crippen LogP contribution is -1.87. The van der Waals surface area contributed by atoms with Gasteiger partial charge in [0.1, 0.15) is 11.4 Å². The number of phenolic OH excluding ortho intramolecular Hbond substituents is 1. The Morgan fingerprint density at radius 1 is 1.11 bits per heavy atom. The van der Waals surface area contributed by atoms with Crippen molar-refractivity contribution >= 4 is 5.65 Å². The van der Waals surface area contributed by atoms with Crippen LogP contribution in [0.2, 0.25) is 0 Å². The van der Waals surface area contributed by atoms with Crippen molar-refractivity contribution in [2.75, 3.05) is 0 Å². The number of phenols is 1. The Balaban J connectivity index is 1.95. The smallest absolute Gasteiger partial charge is 0.137 e. The van der Waals surface area contributed by atoms with Gasteiger partial charge in [-0.3, -0.25) is 0 Å². The molecule has 3 rings (SSSR count). The summed E-state index contributed by atoms with van der Waals surface area (Å²) in [7, 11) is 0. The minimum Gasteiger partial charge on any atom is -0.508 e. The molecule has 0 radical (unpaired) electrons. The van der Waals surface area contributed by atoms with Crippen LogP contribution in [0.4, 0.5) is 0 Å². The summed E-state index contributed by atoms with van der Waals surface area (Å²) in [5.41, 5.74) is 4.34. The average molecular weight is 238 g/mol. The lowest BCUT2D eigenvalue weighted by atomic mass is 10.1. The van der Waals surface area contributed by atoms with Crippen molar-refractivity contribution in [1.82, 2.24) is 9.38 Å². The van der Waals surface area contributed by atoms with E-state index in [1.807, 2.05) is 24.3 Å². The number of aromatic nitrogens is 2. The number of hydrogen-bond acceptors (Lipinski definition) is 2. The summed E-state index contributed by atoms with van der Waals surface area (Å²) in [5.74, 6) is 0.296. The number of aromatic hydroxyl groups is 1. The summed E-state index contributed by atoms with van der Waals surface area (Å²) in [4.78, 5) is 4.59. The SMILES string of the molecule is Cc1cccc2nc(Cc3ccc(O)cc3)cn12. The van der Waals surface area contributed by atoms with Gasteiger partial charge in [-0.1, -0.05) is 18.2 Å². The molecule has 0 saturated heterocycles. The molecule has 0 aliphatic rings. The van der Waals surface area contributed by atoms with Gasteiger partial charge in [0.05, 0.1) is 5.69 Å². The molecule has 0 saturated carbocycles. The molecular formula is C15H14N2O. The molecule has 0 amide bonds. The molecule has 90 valence electrons. The van der Waals surface area contributed by atoms with Crippen LogP contribution in [0.25, 0.3) is 5.65 Å². The van der Waals surface area contributed by atoms with E-state index in [1.165, 1.54) is 5.69 Å². The molecule has 0 fully saturated rings. The van der Waals surface area contributed by atoms with Gasteiger partial charge in [-0.05, 0) is 36.8 Å². The summed E-state index contributed by atoms with van der Waals surface area (Å²) < 4.78 is 2.09. The first-order valence-electron chi connectivity index (χ1n) is 5.94. The molecule has 1 aromatic carbocycles. The van der Waals surface area contributed by atoms with Gasteiger partial charge >= 0.3 is 0 Å². The number of nitrogens with zero attached hydrogens (tertiary/aromatic N) is 2. The third kappa shape index (κ3) is 1.95. The van der Waals surface area contributed by atoms with Crippen LogP contribution >= 0.6 is 0 Å². The molecule has 0 aliphatic carbocycles. The monoisotopic (exact) mass is 238 g/mol. The van der Waals surface area contributed by atoms with Crippen LogP contribution in [-0.4, -0.2) is 14.5 Å². The second kappa shape index (κ2) is 4.18. The second-order valence-electron chi connectivity index (χ2n) is 4.47. The zero-order valence-corrected chi connectivity index (χ0v) is 10.2. The largest absolute Gasteiger partial charge is 0.508 e. The van der Waals surface area contributed by atoms with E-state index < -0.39 is 0 Å². The Morgan fingerprint density at radius 3 is 2.61 bits per heavy atom. The zero-order chi connectivity index (χ0) is 12.5. The standard InChI is InChI=1S/C15H14N2O/c1-11-3-2-4-15-16-13(10-17(11)15)9-12-5-7-14(18)8-6-12/h2-8,10,18H,9H2,1H3. The van der Waals surface area contributed by atoms with Crippen molar-refractivity contribution in [2.45, 2.75) is 13.3 Å². The maximum Gasteiger partial charge on any atom is 0.137 e. The molecule has 18 heavy (non-hydrogen) atoms. The molecule has 0 atom stereocenters. The van der Waals surface area contributed by atoms with E-state index in [2.05, 4.69) is 28.6 Å². The molecule has 1 N–H and O–H groups in total. The summed E-state index contributed by atoms with van der Waals surface area (Å²) in [6.07, 6.45) is 2.85. The molecule has 3 nitrogen and oxygen atoms in total. The zero-order valence-electron chi connectivity index (χ0n) is 10.2. The number of fused-ring (bicyclic) bond motifs is 1. The maximum atomic E-state index is 9.25. The first-order valence-corrected chi connectivity index (χ1v) is 5.94. The first kappa shape index (κ1) is 10.8. The van der Waals surface area contributed by atoms with E-state index in [0.29, 0.717) is 5.75 Å². The van der Waals surface area contributed by atoms with Crippen LogP contribution in [0.15, 0.2) is 48.7 Å². The predicted molar refractivity (Wildman–Crippen MR) is 70.8 cm³/mol. The molecule has 0 aliphatic heterocycles. The van der Waals surface area contributed by atoms with E-state index in [-0.39, 0.29) is 0 Å². The molecular weight excluding hydrogens is 224 g/mol. The highest BCUT2D eigenvalue weighted by Crippen LogP contribution is 2.15. The van der Waals surface area contributed by atoms with E-state index in [4.69, 9.17) is 0 Å². The Labute approximate surface area is 105 Å². The summed E-state index contributed by atoms with van der Waals surface area (Å²) in [6.45, 7) is 2.07. The Kier molecular flexibility index (Phi) is 2.52. The van der Waals surface area contributed by atoms with Gasteiger partial charge in [-0.25, -0.2) is 4.98 Å². The lowest BCUT2D eigenvalue weighted by molar-refractivity contribution is 0.475. The minimum atomic E-state index is 0.296. The summed E-state index contributed by atoms with van der Waals surface area (Å²) in [5, 5.41) is 9.25. The molecule has 3 aromatic rings. The van der Waals surface area contributed by atoms with Crippen molar-refractivity contribution in [3.05, 3.63) is 65.6 Å². The fourth-order valence-electron chi connectivity index (χ4n) is 2.11. The Bertz CT molecular complexity index is 683. The molecule has 0 spiro atoms. The van der Waals surface area contributed by atoms with Gasteiger partial charge in [0.2, 0.25) is 0 Å². The van der Waals surface area contributed by atoms with E-state index in [0.717, 1.165) is 23.3 Å². The maximum absolute atomic E-state index is 9.25. The summed E-state index contributed by atoms with van der Waals surface area (Å²) >= 11 is 0. The third-order valence-corrected chi connectivity index (χ3v) is 3.07. The number of aryl methyl sites for hydroxylation is 1. The van der Waals surface area contributed by atoms with Gasteiger partial charge in [-0.15, -0.1) is 0 Å². The van der Waals surface area contributed by atoms with Crippen LogP contribution in [0.1, 0.15) is 17.0 Å². The van der Waals surface area contributed by atoms with Gasteiger partial charge in [0.25, 0.3) is 0 Å². The Morgan fingerprint density at radius 2 is 1.89 bits per heavy atom. The van der Waals surface area contributed by atoms with Gasteiger partial charge in [0, 0.05) is 18.3 Å². The number of pyridine rings is 1. The van der Waals surface area contributed by atoms with Crippen LogP contribution in [0.5, 0.6) is 5.75 Å². The van der Waals surface area contributed by atoms with E-state index in [9.17, 15) is 5.11 Å². The number of hydrogen-bond donors (Lipinski definition) is 1. The molecule has 2 heterocycles. The van der Waals surface area contributed by atoms with Crippen molar-refractivity contribution in [3.8, 4) is 5.75 Å². The normalized spacial score (nSPS) is 10.9. The van der Waals surface area contributed by atoms with Crippen LogP contribution < -0.4 is 0 Å². The first-order chi connectivity index (χ1) is 8.72. The van der Waals surface area contributed by atoms with Crippen molar-refractivity contribution < 1.29 is 5.11 Å². The van der Waals surface area contributed by atoms with Crippen molar-refractivity contribution in [1.29, 1.82) is 0 Å². The fraction of sp³-hybridized carbons (Fsp3) is 0.133. The number of rotatable bonds is 2. The van der Waals surface area contributed by atoms with Gasteiger partial charge < -0.3 is 9.51 Å². The molecule has 0 unspecified atom stereocenters. The molecule has 3 heteroatoms. The highest BCUT2D eigenvalue weighted by molar-refractivity contribution is 5.42. The predicted octanol–water partition coefficient (Wildman–Crippen LogP) is 2.94. The quantitative estimate of drug-likeness (QED) is 0.745. The number of benzene rings is 1. The highest BCUT2D eigenvalue weighted by atomic mass is 16.3. The second-order valence-corrected chi connectivity index (χ2v) is 4.47. The molecule has 0 bridgehead atoms. The van der Waals surface area contributed by atoms with Gasteiger partial charge in [-0.2, -0.15) is 0 Å². The lowest BCUT2D eigenvalue weighted by Gasteiger charge is -1.98. The summed E-state index contributed by atoms with van der Waals surface area (Å²) in [6, 6.07) is 13.3. The topological polar surface area (TPSA) is 37.5 Å².